The minimum Gasteiger partial charge on any atom is -0.505 e. The van der Waals surface area contributed by atoms with Gasteiger partial charge in [0.05, 0.1) is 6.20 Å². The zero-order valence-corrected chi connectivity index (χ0v) is 20.0. The first-order valence-electron chi connectivity index (χ1n) is 11.2. The number of nitrogens with zero attached hydrogens (tertiary/aromatic N) is 2. The topological polar surface area (TPSA) is 149 Å². The Bertz CT molecular complexity index is 1460. The number of halogens is 1. The average Bonchev–Trinajstić information content (AvgIpc) is 2.87. The van der Waals surface area contributed by atoms with Gasteiger partial charge < -0.3 is 26.2 Å². The van der Waals surface area contributed by atoms with Crippen LogP contribution in [-0.4, -0.2) is 46.6 Å². The fourth-order valence-electron chi connectivity index (χ4n) is 3.71. The summed E-state index contributed by atoms with van der Waals surface area (Å²) >= 11 is 0. The summed E-state index contributed by atoms with van der Waals surface area (Å²) in [4.78, 5) is 42.9. The molecule has 10 nitrogen and oxygen atoms in total. The van der Waals surface area contributed by atoms with E-state index < -0.39 is 34.5 Å². The fourth-order valence-corrected chi connectivity index (χ4v) is 3.71. The van der Waals surface area contributed by atoms with Gasteiger partial charge in [-0.1, -0.05) is 26.0 Å². The molecule has 0 fully saturated rings. The van der Waals surface area contributed by atoms with Crippen molar-refractivity contribution in [1.29, 1.82) is 0 Å². The molecule has 0 radical (unpaired) electrons. The van der Waals surface area contributed by atoms with E-state index in [0.717, 1.165) is 16.3 Å². The quantitative estimate of drug-likeness (QED) is 0.388. The maximum absolute atomic E-state index is 13.4. The number of hydrogen-bond acceptors (Lipinski definition) is 7. The number of aromatic nitrogens is 2. The first-order chi connectivity index (χ1) is 17.1. The SMILES string of the molecule is CNC(=O)c1c(O)c2ncc(Cc3ccc(F)cc3)c3c2n(c1=O)C=C(C(=O)NCC(C)(C)CN)O3. The van der Waals surface area contributed by atoms with Crippen LogP contribution in [0.3, 0.4) is 0 Å². The van der Waals surface area contributed by atoms with Gasteiger partial charge in [-0.2, -0.15) is 0 Å². The molecule has 0 unspecified atom stereocenters. The van der Waals surface area contributed by atoms with Crippen molar-refractivity contribution in [2.24, 2.45) is 11.1 Å². The third-order valence-electron chi connectivity index (χ3n) is 5.94. The molecule has 188 valence electrons. The maximum atomic E-state index is 13.4. The van der Waals surface area contributed by atoms with Crippen LogP contribution in [0, 0.1) is 11.2 Å². The molecule has 4 rings (SSSR count). The second-order valence-electron chi connectivity index (χ2n) is 9.24. The minimum absolute atomic E-state index is 0.0500. The summed E-state index contributed by atoms with van der Waals surface area (Å²) in [6.45, 7) is 4.35. The molecule has 5 N–H and O–H groups in total. The number of carbonyl (C=O) groups is 2. The fraction of sp³-hybridized carbons (Fsp3) is 0.280. The van der Waals surface area contributed by atoms with Crippen LogP contribution in [0.4, 0.5) is 4.39 Å². The van der Waals surface area contributed by atoms with Gasteiger partial charge >= 0.3 is 0 Å². The van der Waals surface area contributed by atoms with Crippen LogP contribution >= 0.6 is 0 Å². The highest BCUT2D eigenvalue weighted by molar-refractivity contribution is 6.04. The molecule has 2 amide bonds. The summed E-state index contributed by atoms with van der Waals surface area (Å²) in [7, 11) is 1.32. The minimum atomic E-state index is -0.850. The van der Waals surface area contributed by atoms with Gasteiger partial charge in [-0.25, -0.2) is 4.39 Å². The summed E-state index contributed by atoms with van der Waals surface area (Å²) < 4.78 is 20.4. The van der Waals surface area contributed by atoms with Gasteiger partial charge in [-0.05, 0) is 29.7 Å². The van der Waals surface area contributed by atoms with Crippen molar-refractivity contribution >= 4 is 29.0 Å². The smallest absolute Gasteiger partial charge is 0.288 e. The number of carbonyl (C=O) groups excluding carboxylic acids is 2. The third-order valence-corrected chi connectivity index (χ3v) is 5.94. The number of nitrogens with one attached hydrogen (secondary N) is 2. The van der Waals surface area contributed by atoms with Gasteiger partial charge in [-0.15, -0.1) is 0 Å². The Labute approximate surface area is 205 Å². The van der Waals surface area contributed by atoms with E-state index in [9.17, 15) is 23.9 Å². The van der Waals surface area contributed by atoms with Crippen molar-refractivity contribution in [3.63, 3.8) is 0 Å². The normalized spacial score (nSPS) is 12.6. The van der Waals surface area contributed by atoms with Gasteiger partial charge in [0, 0.05) is 31.8 Å². The number of ether oxygens (including phenoxy) is 1. The van der Waals surface area contributed by atoms with Crippen molar-refractivity contribution in [2.45, 2.75) is 20.3 Å². The Morgan fingerprint density at radius 1 is 1.22 bits per heavy atom. The van der Waals surface area contributed by atoms with E-state index in [2.05, 4.69) is 15.6 Å². The molecule has 1 aliphatic heterocycles. The Morgan fingerprint density at radius 3 is 2.56 bits per heavy atom. The zero-order valence-electron chi connectivity index (χ0n) is 20.0. The number of amides is 2. The van der Waals surface area contributed by atoms with Crippen LogP contribution in [0.1, 0.15) is 35.3 Å². The lowest BCUT2D eigenvalue weighted by atomic mass is 9.94. The monoisotopic (exact) mass is 495 g/mol. The molecule has 11 heteroatoms. The van der Waals surface area contributed by atoms with E-state index in [4.69, 9.17) is 10.5 Å². The van der Waals surface area contributed by atoms with Crippen LogP contribution in [0.25, 0.3) is 17.2 Å². The lowest BCUT2D eigenvalue weighted by molar-refractivity contribution is -0.119. The Hall–Kier alpha value is -4.25. The van der Waals surface area contributed by atoms with Crippen LogP contribution < -0.4 is 26.7 Å². The number of pyridine rings is 2. The predicted molar refractivity (Wildman–Crippen MR) is 131 cm³/mol. The Morgan fingerprint density at radius 2 is 1.92 bits per heavy atom. The van der Waals surface area contributed by atoms with Crippen LogP contribution in [0.5, 0.6) is 11.5 Å². The van der Waals surface area contributed by atoms with E-state index in [0.29, 0.717) is 12.1 Å². The first kappa shape index (κ1) is 24.9. The molecule has 3 aromatic rings. The summed E-state index contributed by atoms with van der Waals surface area (Å²) in [5.41, 5.74) is 5.26. The van der Waals surface area contributed by atoms with Crippen molar-refractivity contribution < 1.29 is 23.8 Å². The highest BCUT2D eigenvalue weighted by Crippen LogP contribution is 2.38. The maximum Gasteiger partial charge on any atom is 0.288 e. The van der Waals surface area contributed by atoms with Crippen LogP contribution in [0.15, 0.2) is 41.0 Å². The standard InChI is InChI=1S/C25H26FN5O5/c1-25(2,11-27)12-30-22(33)16-10-31-19-18(20(32)17(24(31)35)23(34)28-3)29-9-14(21(19)36-16)8-13-4-6-15(26)7-5-13/h4-7,9-10,32H,8,11-12,27H2,1-3H3,(H,28,34)(H,30,33). The van der Waals surface area contributed by atoms with Crippen molar-refractivity contribution in [3.8, 4) is 11.5 Å². The molecule has 1 aromatic carbocycles. The Kier molecular flexibility index (Phi) is 6.51. The summed E-state index contributed by atoms with van der Waals surface area (Å²) in [5, 5.41) is 15.8. The molecule has 0 spiro atoms. The zero-order chi connectivity index (χ0) is 26.2. The molecule has 3 heterocycles. The number of aromatic hydroxyl groups is 1. The first-order valence-corrected chi connectivity index (χ1v) is 11.2. The number of rotatable bonds is 7. The number of benzene rings is 1. The van der Waals surface area contributed by atoms with Crippen molar-refractivity contribution in [3.05, 3.63) is 69.1 Å². The number of nitrogens with two attached hydrogens (primary N) is 1. The molecule has 0 saturated carbocycles. The molecular weight excluding hydrogens is 469 g/mol. The van der Waals surface area contributed by atoms with Crippen LogP contribution in [-0.2, 0) is 11.2 Å². The highest BCUT2D eigenvalue weighted by atomic mass is 19.1. The highest BCUT2D eigenvalue weighted by Gasteiger charge is 2.30. The molecule has 0 saturated heterocycles. The van der Waals surface area contributed by atoms with Gasteiger partial charge in [0.25, 0.3) is 17.4 Å². The van der Waals surface area contributed by atoms with Crippen molar-refractivity contribution in [1.82, 2.24) is 20.2 Å². The predicted octanol–water partition coefficient (Wildman–Crippen LogP) is 1.48. The number of hydrogen-bond donors (Lipinski definition) is 4. The van der Waals surface area contributed by atoms with Gasteiger partial charge in [-0.3, -0.25) is 23.9 Å². The molecule has 0 bridgehead atoms. The van der Waals surface area contributed by atoms with E-state index in [-0.39, 0.29) is 40.9 Å². The van der Waals surface area contributed by atoms with E-state index in [1.54, 1.807) is 12.1 Å². The summed E-state index contributed by atoms with van der Waals surface area (Å²) in [5.74, 6) is -2.48. The third kappa shape index (κ3) is 4.52. The lowest BCUT2D eigenvalue weighted by Crippen LogP contribution is -2.40. The summed E-state index contributed by atoms with van der Waals surface area (Å²) in [6, 6.07) is 5.80. The lowest BCUT2D eigenvalue weighted by Gasteiger charge is -2.25. The molecule has 2 aromatic heterocycles. The largest absolute Gasteiger partial charge is 0.505 e. The van der Waals surface area contributed by atoms with E-state index in [1.165, 1.54) is 25.4 Å². The van der Waals surface area contributed by atoms with Crippen molar-refractivity contribution in [2.75, 3.05) is 20.1 Å². The second-order valence-corrected chi connectivity index (χ2v) is 9.24. The molecular formula is C25H26FN5O5. The van der Waals surface area contributed by atoms with E-state index >= 15 is 0 Å². The molecule has 1 aliphatic rings. The Balaban J connectivity index is 1.88. The average molecular weight is 496 g/mol. The second kappa shape index (κ2) is 9.42. The van der Waals surface area contributed by atoms with Crippen LogP contribution in [0.2, 0.25) is 0 Å². The molecule has 0 aliphatic carbocycles. The molecule has 0 atom stereocenters. The summed E-state index contributed by atoms with van der Waals surface area (Å²) in [6.07, 6.45) is 2.82. The van der Waals surface area contributed by atoms with Gasteiger partial charge in [0.15, 0.2) is 11.5 Å². The van der Waals surface area contributed by atoms with Gasteiger partial charge in [0.2, 0.25) is 5.76 Å². The van der Waals surface area contributed by atoms with Gasteiger partial charge in [0.1, 0.15) is 22.4 Å². The molecule has 36 heavy (non-hydrogen) atoms. The van der Waals surface area contributed by atoms with E-state index in [1.807, 2.05) is 13.8 Å².